The lowest BCUT2D eigenvalue weighted by atomic mass is 9.97. The van der Waals surface area contributed by atoms with Crippen LogP contribution in [0.3, 0.4) is 0 Å². The molecule has 1 saturated heterocycles. The number of hydrogen-bond acceptors (Lipinski definition) is 3. The van der Waals surface area contributed by atoms with Gasteiger partial charge >= 0.3 is 0 Å². The number of hydrogen-bond donors (Lipinski definition) is 1. The average molecular weight is 298 g/mol. The van der Waals surface area contributed by atoms with Crippen LogP contribution in [0.25, 0.3) is 0 Å². The van der Waals surface area contributed by atoms with E-state index >= 15 is 0 Å². The predicted molar refractivity (Wildman–Crippen MR) is 80.6 cm³/mol. The number of anilines is 1. The number of nitrogens with zero attached hydrogens (tertiary/aromatic N) is 1. The normalized spacial score (nSPS) is 16.5. The third-order valence-corrected chi connectivity index (χ3v) is 3.99. The molecule has 1 aliphatic rings. The van der Waals surface area contributed by atoms with Gasteiger partial charge in [0, 0.05) is 33.4 Å². The van der Waals surface area contributed by atoms with Crippen molar-refractivity contribution < 1.29 is 13.5 Å². The fourth-order valence-electron chi connectivity index (χ4n) is 2.85. The van der Waals surface area contributed by atoms with Gasteiger partial charge in [0.25, 0.3) is 0 Å². The van der Waals surface area contributed by atoms with Gasteiger partial charge in [0.05, 0.1) is 0 Å². The average Bonchev–Trinajstić information content (AvgIpc) is 2.46. The number of nitrogens with one attached hydrogen (secondary N) is 1. The van der Waals surface area contributed by atoms with E-state index in [2.05, 4.69) is 5.32 Å². The maximum atomic E-state index is 14.2. The van der Waals surface area contributed by atoms with Gasteiger partial charge in [-0.3, -0.25) is 0 Å². The minimum atomic E-state index is -0.465. The van der Waals surface area contributed by atoms with Crippen LogP contribution in [0.2, 0.25) is 0 Å². The van der Waals surface area contributed by atoms with Gasteiger partial charge in [0.15, 0.2) is 0 Å². The van der Waals surface area contributed by atoms with Gasteiger partial charge in [-0.2, -0.15) is 0 Å². The highest BCUT2D eigenvalue weighted by Gasteiger charge is 2.24. The molecule has 0 unspecified atom stereocenters. The zero-order chi connectivity index (χ0) is 15.2. The number of methoxy groups -OCH3 is 1. The minimum absolute atomic E-state index is 0.117. The second-order valence-corrected chi connectivity index (χ2v) is 5.57. The Morgan fingerprint density at radius 1 is 1.24 bits per heavy atom. The number of rotatable bonds is 6. The monoisotopic (exact) mass is 298 g/mol. The van der Waals surface area contributed by atoms with Crippen LogP contribution in [-0.4, -0.2) is 33.4 Å². The van der Waals surface area contributed by atoms with Crippen LogP contribution in [0.4, 0.5) is 14.5 Å². The first-order valence-corrected chi connectivity index (χ1v) is 7.58. The van der Waals surface area contributed by atoms with Crippen LogP contribution in [-0.2, 0) is 11.3 Å². The summed E-state index contributed by atoms with van der Waals surface area (Å²) in [6.07, 6.45) is 1.82. The van der Waals surface area contributed by atoms with E-state index in [0.717, 1.165) is 26.0 Å². The molecule has 5 heteroatoms. The van der Waals surface area contributed by atoms with Crippen molar-refractivity contribution in [3.05, 3.63) is 29.3 Å². The second kappa shape index (κ2) is 7.71. The van der Waals surface area contributed by atoms with Gasteiger partial charge in [0.1, 0.15) is 17.3 Å². The third kappa shape index (κ3) is 4.14. The summed E-state index contributed by atoms with van der Waals surface area (Å²) in [5.74, 6) is -0.438. The van der Waals surface area contributed by atoms with Crippen molar-refractivity contribution in [1.82, 2.24) is 5.32 Å². The molecule has 1 aliphatic heterocycles. The molecule has 1 heterocycles. The molecule has 0 saturated carbocycles. The van der Waals surface area contributed by atoms with Crippen molar-refractivity contribution in [2.24, 2.45) is 5.92 Å². The largest absolute Gasteiger partial charge is 0.384 e. The van der Waals surface area contributed by atoms with Crippen LogP contribution >= 0.6 is 0 Å². The van der Waals surface area contributed by atoms with E-state index < -0.39 is 11.6 Å². The van der Waals surface area contributed by atoms with E-state index in [9.17, 15) is 8.78 Å². The van der Waals surface area contributed by atoms with Gasteiger partial charge < -0.3 is 15.0 Å². The molecule has 118 valence electrons. The number of piperidine rings is 1. The summed E-state index contributed by atoms with van der Waals surface area (Å²) in [4.78, 5) is 1.81. The fraction of sp³-hybridized carbons (Fsp3) is 0.625. The lowest BCUT2D eigenvalue weighted by molar-refractivity contribution is 0.139. The van der Waals surface area contributed by atoms with Gasteiger partial charge in [0.2, 0.25) is 0 Å². The summed E-state index contributed by atoms with van der Waals surface area (Å²) in [6, 6.07) is 2.87. The Kier molecular flexibility index (Phi) is 5.94. The maximum Gasteiger partial charge on any atom is 0.149 e. The van der Waals surface area contributed by atoms with E-state index in [0.29, 0.717) is 31.1 Å². The number of benzene rings is 1. The molecule has 1 fully saturated rings. The molecule has 0 amide bonds. The Morgan fingerprint density at radius 3 is 2.38 bits per heavy atom. The summed E-state index contributed by atoms with van der Waals surface area (Å²) < 4.78 is 33.6. The summed E-state index contributed by atoms with van der Waals surface area (Å²) in [5.41, 5.74) is 0.760. The van der Waals surface area contributed by atoms with Crippen molar-refractivity contribution in [2.45, 2.75) is 26.3 Å². The Hall–Kier alpha value is -1.20. The van der Waals surface area contributed by atoms with Crippen molar-refractivity contribution in [1.29, 1.82) is 0 Å². The molecule has 0 radical (unpaired) electrons. The lowest BCUT2D eigenvalue weighted by Crippen LogP contribution is -2.36. The van der Waals surface area contributed by atoms with Gasteiger partial charge in [-0.25, -0.2) is 8.78 Å². The van der Waals surface area contributed by atoms with Crippen LogP contribution in [0.5, 0.6) is 0 Å². The Bertz CT molecular complexity index is 437. The van der Waals surface area contributed by atoms with Crippen LogP contribution in [0.15, 0.2) is 12.1 Å². The van der Waals surface area contributed by atoms with Crippen molar-refractivity contribution in [3.63, 3.8) is 0 Å². The van der Waals surface area contributed by atoms with Crippen LogP contribution in [0, 0.1) is 17.6 Å². The predicted octanol–water partition coefficient (Wildman–Crippen LogP) is 2.94. The van der Waals surface area contributed by atoms with Crippen molar-refractivity contribution in [3.8, 4) is 0 Å². The second-order valence-electron chi connectivity index (χ2n) is 5.57. The molecule has 0 spiro atoms. The highest BCUT2D eigenvalue weighted by atomic mass is 19.1. The topological polar surface area (TPSA) is 24.5 Å². The molecule has 0 atom stereocenters. The molecule has 0 aromatic heterocycles. The Balaban J connectivity index is 2.06. The molecule has 1 aromatic rings. The fourth-order valence-corrected chi connectivity index (χ4v) is 2.85. The third-order valence-electron chi connectivity index (χ3n) is 3.99. The zero-order valence-corrected chi connectivity index (χ0v) is 12.8. The standard InChI is InChI=1S/C16H24F2N2O/c1-3-19-10-13-8-14(17)16(15(18)9-13)20-6-4-12(5-7-20)11-21-2/h8-9,12,19H,3-7,10-11H2,1-2H3. The lowest BCUT2D eigenvalue weighted by Gasteiger charge is -2.33. The van der Waals surface area contributed by atoms with Crippen molar-refractivity contribution in [2.75, 3.05) is 38.3 Å². The number of ether oxygens (including phenoxy) is 1. The van der Waals surface area contributed by atoms with Gasteiger partial charge in [-0.05, 0) is 43.0 Å². The molecule has 2 rings (SSSR count). The Morgan fingerprint density at radius 2 is 1.86 bits per heavy atom. The summed E-state index contributed by atoms with van der Waals surface area (Å²) in [6.45, 7) is 5.30. The summed E-state index contributed by atoms with van der Waals surface area (Å²) in [5, 5.41) is 3.08. The minimum Gasteiger partial charge on any atom is -0.384 e. The first-order valence-electron chi connectivity index (χ1n) is 7.58. The highest BCUT2D eigenvalue weighted by molar-refractivity contribution is 5.51. The van der Waals surface area contributed by atoms with Gasteiger partial charge in [-0.1, -0.05) is 6.92 Å². The van der Waals surface area contributed by atoms with Gasteiger partial charge in [-0.15, -0.1) is 0 Å². The summed E-state index contributed by atoms with van der Waals surface area (Å²) >= 11 is 0. The first-order chi connectivity index (χ1) is 10.2. The van der Waals surface area contributed by atoms with Crippen molar-refractivity contribution >= 4 is 5.69 Å². The van der Waals surface area contributed by atoms with E-state index in [1.807, 2.05) is 11.8 Å². The first kappa shape index (κ1) is 16.2. The van der Waals surface area contributed by atoms with E-state index in [1.54, 1.807) is 7.11 Å². The quantitative estimate of drug-likeness (QED) is 0.874. The molecule has 1 aromatic carbocycles. The maximum absolute atomic E-state index is 14.2. The molecular formula is C16H24F2N2O. The molecular weight excluding hydrogens is 274 g/mol. The molecule has 0 bridgehead atoms. The molecule has 0 aliphatic carbocycles. The summed E-state index contributed by atoms with van der Waals surface area (Å²) in [7, 11) is 1.69. The van der Waals surface area contributed by atoms with Crippen LogP contribution < -0.4 is 10.2 Å². The zero-order valence-electron chi connectivity index (χ0n) is 12.8. The number of halogens is 2. The Labute approximate surface area is 125 Å². The van der Waals surface area contributed by atoms with E-state index in [4.69, 9.17) is 4.74 Å². The molecule has 21 heavy (non-hydrogen) atoms. The SMILES string of the molecule is CCNCc1cc(F)c(N2CCC(COC)CC2)c(F)c1. The van der Waals surface area contributed by atoms with E-state index in [1.165, 1.54) is 12.1 Å². The smallest absolute Gasteiger partial charge is 0.149 e. The highest BCUT2D eigenvalue weighted by Crippen LogP contribution is 2.29. The molecule has 1 N–H and O–H groups in total. The molecule has 3 nitrogen and oxygen atoms in total. The van der Waals surface area contributed by atoms with E-state index in [-0.39, 0.29) is 5.69 Å². The van der Waals surface area contributed by atoms with Crippen LogP contribution in [0.1, 0.15) is 25.3 Å².